The number of halogens is 1. The van der Waals surface area contributed by atoms with Gasteiger partial charge in [-0.3, -0.25) is 14.9 Å². The Balaban J connectivity index is 2.47. The minimum atomic E-state index is -0.534. The first-order valence-corrected chi connectivity index (χ1v) is 6.06. The lowest BCUT2D eigenvalue weighted by Crippen LogP contribution is -1.96. The van der Waals surface area contributed by atoms with Crippen molar-refractivity contribution in [3.63, 3.8) is 0 Å². The molecule has 2 aromatic rings. The van der Waals surface area contributed by atoms with Crippen LogP contribution in [0.4, 0.5) is 5.69 Å². The number of hydrogen-bond acceptors (Lipinski definition) is 4. The fraction of sp³-hybridized carbons (Fsp3) is 0.0714. The summed E-state index contributed by atoms with van der Waals surface area (Å²) in [7, 11) is 0. The summed E-state index contributed by atoms with van der Waals surface area (Å²) in [5.41, 5.74) is 0.844. The predicted octanol–water partition coefficient (Wildman–Crippen LogP) is 4.16. The van der Waals surface area contributed by atoms with Gasteiger partial charge in [0.1, 0.15) is 5.75 Å². The Morgan fingerprint density at radius 1 is 1.20 bits per heavy atom. The second kappa shape index (κ2) is 5.71. The van der Waals surface area contributed by atoms with Crippen LogP contribution in [-0.2, 0) is 0 Å². The zero-order valence-corrected chi connectivity index (χ0v) is 11.3. The number of aldehydes is 1. The highest BCUT2D eigenvalue weighted by Crippen LogP contribution is 2.34. The lowest BCUT2D eigenvalue weighted by molar-refractivity contribution is -0.385. The summed E-state index contributed by atoms with van der Waals surface area (Å²) in [4.78, 5) is 21.4. The Labute approximate surface area is 119 Å². The van der Waals surface area contributed by atoms with E-state index < -0.39 is 4.92 Å². The first kappa shape index (κ1) is 14.0. The highest BCUT2D eigenvalue weighted by molar-refractivity contribution is 6.30. The first-order valence-electron chi connectivity index (χ1n) is 5.69. The van der Waals surface area contributed by atoms with Gasteiger partial charge in [0, 0.05) is 17.2 Å². The second-order valence-corrected chi connectivity index (χ2v) is 4.57. The second-order valence-electron chi connectivity index (χ2n) is 4.13. The van der Waals surface area contributed by atoms with Gasteiger partial charge in [-0.15, -0.1) is 0 Å². The van der Waals surface area contributed by atoms with E-state index in [1.54, 1.807) is 19.1 Å². The van der Waals surface area contributed by atoms with Crippen LogP contribution in [0.5, 0.6) is 11.5 Å². The molecule has 0 amide bonds. The number of hydrogen-bond donors (Lipinski definition) is 0. The van der Waals surface area contributed by atoms with Crippen molar-refractivity contribution in [2.24, 2.45) is 0 Å². The van der Waals surface area contributed by atoms with Crippen LogP contribution in [0.1, 0.15) is 15.9 Å². The number of carbonyl (C=O) groups excluding carboxylic acids is 1. The van der Waals surface area contributed by atoms with Gasteiger partial charge in [0.15, 0.2) is 6.29 Å². The quantitative estimate of drug-likeness (QED) is 0.482. The van der Waals surface area contributed by atoms with Gasteiger partial charge in [-0.05, 0) is 30.7 Å². The van der Waals surface area contributed by atoms with Crippen molar-refractivity contribution in [1.82, 2.24) is 0 Å². The largest absolute Gasteiger partial charge is 0.449 e. The lowest BCUT2D eigenvalue weighted by atomic mass is 10.2. The van der Waals surface area contributed by atoms with Crippen LogP contribution < -0.4 is 4.74 Å². The molecule has 0 aromatic heterocycles. The van der Waals surface area contributed by atoms with Crippen molar-refractivity contribution in [1.29, 1.82) is 0 Å². The van der Waals surface area contributed by atoms with E-state index in [9.17, 15) is 14.9 Å². The number of rotatable bonds is 4. The molecule has 2 aromatic carbocycles. The fourth-order valence-electron chi connectivity index (χ4n) is 1.67. The molecule has 0 atom stereocenters. The maximum atomic E-state index is 11.0. The molecule has 0 aliphatic rings. The molecule has 0 aliphatic heterocycles. The molecule has 2 rings (SSSR count). The van der Waals surface area contributed by atoms with Gasteiger partial charge in [0.25, 0.3) is 0 Å². The molecule has 0 saturated carbocycles. The number of nitro benzene ring substituents is 1. The molecule has 102 valence electrons. The van der Waals surface area contributed by atoms with E-state index in [-0.39, 0.29) is 22.7 Å². The maximum absolute atomic E-state index is 11.0. The van der Waals surface area contributed by atoms with Crippen LogP contribution in [0.3, 0.4) is 0 Å². The number of carbonyl (C=O) groups is 1. The van der Waals surface area contributed by atoms with Crippen molar-refractivity contribution in [3.8, 4) is 11.5 Å². The van der Waals surface area contributed by atoms with Crippen LogP contribution in [0.25, 0.3) is 0 Å². The van der Waals surface area contributed by atoms with Crippen LogP contribution >= 0.6 is 11.6 Å². The Bertz CT molecular complexity index is 685. The molecule has 5 nitrogen and oxygen atoms in total. The molecule has 6 heteroatoms. The molecular formula is C14H10ClNO4. The molecule has 0 bridgehead atoms. The number of ether oxygens (including phenoxy) is 1. The zero-order valence-electron chi connectivity index (χ0n) is 10.5. The summed E-state index contributed by atoms with van der Waals surface area (Å²) >= 11 is 5.84. The molecule has 0 saturated heterocycles. The third kappa shape index (κ3) is 2.95. The highest BCUT2D eigenvalue weighted by Gasteiger charge is 2.17. The molecule has 0 N–H and O–H groups in total. The van der Waals surface area contributed by atoms with Gasteiger partial charge in [0.05, 0.1) is 10.5 Å². The van der Waals surface area contributed by atoms with Crippen molar-refractivity contribution in [2.75, 3.05) is 0 Å². The van der Waals surface area contributed by atoms with Crippen molar-refractivity contribution in [2.45, 2.75) is 6.92 Å². The van der Waals surface area contributed by atoms with Crippen molar-refractivity contribution < 1.29 is 14.5 Å². The summed E-state index contributed by atoms with van der Waals surface area (Å²) in [5.74, 6) is 0.241. The minimum absolute atomic E-state index is 0.0611. The van der Waals surface area contributed by atoms with E-state index in [2.05, 4.69) is 0 Å². The Kier molecular flexibility index (Phi) is 4.00. The first-order chi connectivity index (χ1) is 9.51. The molecule has 0 fully saturated rings. The summed E-state index contributed by atoms with van der Waals surface area (Å²) in [6.45, 7) is 1.74. The van der Waals surface area contributed by atoms with Gasteiger partial charge >= 0.3 is 5.69 Å². The molecule has 0 heterocycles. The van der Waals surface area contributed by atoms with Gasteiger partial charge in [-0.1, -0.05) is 17.7 Å². The zero-order chi connectivity index (χ0) is 14.7. The van der Waals surface area contributed by atoms with Crippen molar-refractivity contribution in [3.05, 3.63) is 62.7 Å². The number of nitro groups is 1. The van der Waals surface area contributed by atoms with Crippen molar-refractivity contribution >= 4 is 23.6 Å². The maximum Gasteiger partial charge on any atom is 0.311 e. The molecule has 0 unspecified atom stereocenters. The van der Waals surface area contributed by atoms with Crippen LogP contribution in [-0.4, -0.2) is 11.2 Å². The monoisotopic (exact) mass is 291 g/mol. The summed E-state index contributed by atoms with van der Waals surface area (Å²) in [6, 6.07) is 9.05. The Morgan fingerprint density at radius 2 is 1.95 bits per heavy atom. The summed E-state index contributed by atoms with van der Waals surface area (Å²) in [5, 5.41) is 11.4. The van der Waals surface area contributed by atoms with Crippen LogP contribution in [0.15, 0.2) is 36.4 Å². The Hall–Kier alpha value is -2.40. The van der Waals surface area contributed by atoms with Gasteiger partial charge in [-0.25, -0.2) is 0 Å². The number of nitrogens with zero attached hydrogens (tertiary/aromatic N) is 1. The summed E-state index contributed by atoms with van der Waals surface area (Å²) in [6.07, 6.45) is 0.603. The summed E-state index contributed by atoms with van der Waals surface area (Å²) < 4.78 is 5.47. The van der Waals surface area contributed by atoms with E-state index in [0.29, 0.717) is 11.3 Å². The topological polar surface area (TPSA) is 69.4 Å². The van der Waals surface area contributed by atoms with Gasteiger partial charge in [0.2, 0.25) is 5.75 Å². The average molecular weight is 292 g/mol. The Morgan fingerprint density at radius 3 is 2.60 bits per heavy atom. The van der Waals surface area contributed by atoms with Crippen LogP contribution in [0, 0.1) is 17.0 Å². The molecule has 0 radical (unpaired) electrons. The minimum Gasteiger partial charge on any atom is -0.449 e. The van der Waals surface area contributed by atoms with E-state index in [0.717, 1.165) is 5.56 Å². The molecule has 20 heavy (non-hydrogen) atoms. The number of aryl methyl sites for hydroxylation is 1. The standard InChI is InChI=1S/C14H10ClNO4/c1-9-2-5-13(12(6-9)16(18)19)20-14-7-11(15)4-3-10(14)8-17/h2-8H,1H3. The van der Waals surface area contributed by atoms with Gasteiger partial charge in [-0.2, -0.15) is 0 Å². The van der Waals surface area contributed by atoms with Crippen LogP contribution in [0.2, 0.25) is 5.02 Å². The lowest BCUT2D eigenvalue weighted by Gasteiger charge is -2.09. The molecule has 0 aliphatic carbocycles. The third-order valence-electron chi connectivity index (χ3n) is 2.63. The molecular weight excluding hydrogens is 282 g/mol. The fourth-order valence-corrected chi connectivity index (χ4v) is 1.83. The van der Waals surface area contributed by atoms with E-state index in [1.165, 1.54) is 24.3 Å². The third-order valence-corrected chi connectivity index (χ3v) is 2.87. The van der Waals surface area contributed by atoms with E-state index in [4.69, 9.17) is 16.3 Å². The SMILES string of the molecule is Cc1ccc(Oc2cc(Cl)ccc2C=O)c([N+](=O)[O-])c1. The predicted molar refractivity (Wildman–Crippen MR) is 74.7 cm³/mol. The number of benzene rings is 2. The van der Waals surface area contributed by atoms with E-state index >= 15 is 0 Å². The molecule has 0 spiro atoms. The normalized spacial score (nSPS) is 10.1. The van der Waals surface area contributed by atoms with Gasteiger partial charge < -0.3 is 4.74 Å². The smallest absolute Gasteiger partial charge is 0.311 e. The average Bonchev–Trinajstić information content (AvgIpc) is 2.41. The van der Waals surface area contributed by atoms with E-state index in [1.807, 2.05) is 0 Å². The highest BCUT2D eigenvalue weighted by atomic mass is 35.5.